The van der Waals surface area contributed by atoms with Gasteiger partial charge < -0.3 is 19.7 Å². The van der Waals surface area contributed by atoms with Gasteiger partial charge in [0.05, 0.1) is 17.6 Å². The molecule has 0 unspecified atom stereocenters. The molecule has 0 aliphatic heterocycles. The fraction of sp³-hybridized carbons (Fsp3) is 0.455. The number of carbonyl (C=O) groups is 2. The van der Waals surface area contributed by atoms with E-state index >= 15 is 0 Å². The molecule has 1 aromatic carbocycles. The summed E-state index contributed by atoms with van der Waals surface area (Å²) < 4.78 is 5.79. The Hall–Kier alpha value is -3.36. The number of aromatic amines is 2. The highest BCUT2D eigenvalue weighted by Gasteiger charge is 2.26. The summed E-state index contributed by atoms with van der Waals surface area (Å²) in [5, 5.41) is 10.0. The third-order valence-electron chi connectivity index (χ3n) is 5.71. The molecule has 31 heavy (non-hydrogen) atoms. The summed E-state index contributed by atoms with van der Waals surface area (Å²) in [6.07, 6.45) is 5.73. The van der Waals surface area contributed by atoms with Gasteiger partial charge in [0.15, 0.2) is 5.65 Å². The molecule has 0 atom stereocenters. The van der Waals surface area contributed by atoms with Crippen molar-refractivity contribution in [3.05, 3.63) is 34.7 Å². The number of aromatic nitrogens is 3. The lowest BCUT2D eigenvalue weighted by Crippen LogP contribution is -2.44. The fourth-order valence-electron chi connectivity index (χ4n) is 4.21. The Balaban J connectivity index is 1.34. The molecule has 3 N–H and O–H groups in total. The molecule has 9 heteroatoms. The lowest BCUT2D eigenvalue weighted by Gasteiger charge is -2.33. The van der Waals surface area contributed by atoms with Crippen LogP contribution < -0.4 is 10.4 Å². The highest BCUT2D eigenvalue weighted by molar-refractivity contribution is 5.90. The van der Waals surface area contributed by atoms with E-state index in [1.165, 1.54) is 4.90 Å². The molecular formula is C22H26N4O5. The average Bonchev–Trinajstić information content (AvgIpc) is 3.12. The zero-order valence-corrected chi connectivity index (χ0v) is 17.2. The normalized spacial score (nSPS) is 14.7. The highest BCUT2D eigenvalue weighted by Crippen LogP contribution is 2.24. The Morgan fingerprint density at radius 3 is 2.74 bits per heavy atom. The molecule has 0 radical (unpaired) electrons. The Morgan fingerprint density at radius 2 is 1.97 bits per heavy atom. The molecule has 9 nitrogen and oxygen atoms in total. The number of ether oxygens (including phenoxy) is 1. The van der Waals surface area contributed by atoms with Crippen LogP contribution in [0.2, 0.25) is 0 Å². The molecule has 0 saturated heterocycles. The van der Waals surface area contributed by atoms with E-state index in [0.29, 0.717) is 29.9 Å². The number of hydrogen-bond donors (Lipinski definition) is 3. The van der Waals surface area contributed by atoms with Crippen LogP contribution in [0, 0.1) is 0 Å². The van der Waals surface area contributed by atoms with Crippen molar-refractivity contribution < 1.29 is 19.4 Å². The van der Waals surface area contributed by atoms with Gasteiger partial charge in [-0.3, -0.25) is 14.6 Å². The second-order valence-electron chi connectivity index (χ2n) is 7.98. The molecule has 1 saturated carbocycles. The van der Waals surface area contributed by atoms with Gasteiger partial charge in [0.1, 0.15) is 12.3 Å². The zero-order valence-electron chi connectivity index (χ0n) is 17.2. The SMILES string of the molecule is O=C(O)CN(C(=O)CCCOc1ccc2nc3[nH]c(=O)[nH]c3cc2c1)C1CCCCC1. The van der Waals surface area contributed by atoms with Gasteiger partial charge in [-0.25, -0.2) is 9.78 Å². The smallest absolute Gasteiger partial charge is 0.325 e. The van der Waals surface area contributed by atoms with E-state index in [1.54, 1.807) is 6.07 Å². The molecule has 2 aromatic heterocycles. The minimum absolute atomic E-state index is 0.0305. The van der Waals surface area contributed by atoms with Crippen LogP contribution in [0.1, 0.15) is 44.9 Å². The number of amides is 1. The minimum atomic E-state index is -0.974. The maximum absolute atomic E-state index is 12.7. The van der Waals surface area contributed by atoms with Gasteiger partial charge >= 0.3 is 11.7 Å². The van der Waals surface area contributed by atoms with Crippen molar-refractivity contribution in [2.24, 2.45) is 0 Å². The molecule has 1 aliphatic rings. The Morgan fingerprint density at radius 1 is 1.16 bits per heavy atom. The summed E-state index contributed by atoms with van der Waals surface area (Å²) in [6.45, 7) is 0.108. The number of carboxylic acids is 1. The van der Waals surface area contributed by atoms with Crippen LogP contribution in [-0.4, -0.2) is 56.0 Å². The standard InChI is InChI=1S/C22H26N4O5/c27-19(26(13-20(28)29)15-5-2-1-3-6-15)7-4-10-31-16-8-9-17-14(11-16)12-18-21(23-17)25-22(30)24-18/h8-9,11-12,15H,1-7,10,13H2,(H,28,29)(H2,23,24,25,30). The number of H-pyrrole nitrogens is 2. The molecule has 1 fully saturated rings. The number of fused-ring (bicyclic) bond motifs is 2. The van der Waals surface area contributed by atoms with Crippen molar-refractivity contribution in [3.63, 3.8) is 0 Å². The van der Waals surface area contributed by atoms with Crippen LogP contribution in [0.3, 0.4) is 0 Å². The van der Waals surface area contributed by atoms with Crippen LogP contribution in [0.25, 0.3) is 22.1 Å². The maximum Gasteiger partial charge on any atom is 0.325 e. The van der Waals surface area contributed by atoms with E-state index in [9.17, 15) is 19.5 Å². The third-order valence-corrected chi connectivity index (χ3v) is 5.71. The number of pyridine rings is 1. The van der Waals surface area contributed by atoms with Crippen molar-refractivity contribution >= 4 is 33.9 Å². The second kappa shape index (κ2) is 9.20. The number of nitrogens with zero attached hydrogens (tertiary/aromatic N) is 2. The monoisotopic (exact) mass is 426 g/mol. The lowest BCUT2D eigenvalue weighted by atomic mass is 9.94. The van der Waals surface area contributed by atoms with Crippen LogP contribution in [0.15, 0.2) is 29.1 Å². The van der Waals surface area contributed by atoms with E-state index in [0.717, 1.165) is 43.0 Å². The number of imidazole rings is 1. The minimum Gasteiger partial charge on any atom is -0.494 e. The first kappa shape index (κ1) is 20.9. The summed E-state index contributed by atoms with van der Waals surface area (Å²) in [5.41, 5.74) is 1.57. The maximum atomic E-state index is 12.7. The first-order valence-corrected chi connectivity index (χ1v) is 10.7. The van der Waals surface area contributed by atoms with Crippen LogP contribution in [0.5, 0.6) is 5.75 Å². The topological polar surface area (TPSA) is 128 Å². The number of carboxylic acid groups (broad SMARTS) is 1. The van der Waals surface area contributed by atoms with Gasteiger partial charge in [-0.05, 0) is 43.5 Å². The van der Waals surface area contributed by atoms with Crippen molar-refractivity contribution in [1.82, 2.24) is 19.9 Å². The van der Waals surface area contributed by atoms with E-state index in [1.807, 2.05) is 18.2 Å². The Labute approximate surface area is 178 Å². The predicted molar refractivity (Wildman–Crippen MR) is 115 cm³/mol. The Bertz CT molecular complexity index is 1150. The van der Waals surface area contributed by atoms with Crippen molar-refractivity contribution in [2.45, 2.75) is 51.0 Å². The molecular weight excluding hydrogens is 400 g/mol. The van der Waals surface area contributed by atoms with Gasteiger partial charge in [0, 0.05) is 17.8 Å². The van der Waals surface area contributed by atoms with E-state index in [4.69, 9.17) is 4.74 Å². The summed E-state index contributed by atoms with van der Waals surface area (Å²) >= 11 is 0. The fourth-order valence-corrected chi connectivity index (χ4v) is 4.21. The second-order valence-corrected chi connectivity index (χ2v) is 7.98. The van der Waals surface area contributed by atoms with Gasteiger partial charge in [0.25, 0.3) is 0 Å². The molecule has 1 aliphatic carbocycles. The molecule has 1 amide bonds. The summed E-state index contributed by atoms with van der Waals surface area (Å²) in [5.74, 6) is -0.453. The molecule has 0 spiro atoms. The Kier molecular flexibility index (Phi) is 6.20. The first-order valence-electron chi connectivity index (χ1n) is 10.7. The van der Waals surface area contributed by atoms with E-state index in [-0.39, 0.29) is 30.6 Å². The van der Waals surface area contributed by atoms with Crippen molar-refractivity contribution in [2.75, 3.05) is 13.2 Å². The van der Waals surface area contributed by atoms with Crippen molar-refractivity contribution in [1.29, 1.82) is 0 Å². The quantitative estimate of drug-likeness (QED) is 0.475. The van der Waals surface area contributed by atoms with Crippen LogP contribution >= 0.6 is 0 Å². The summed E-state index contributed by atoms with van der Waals surface area (Å²) in [4.78, 5) is 46.6. The number of benzene rings is 1. The lowest BCUT2D eigenvalue weighted by molar-refractivity contribution is -0.146. The number of nitrogens with one attached hydrogen (secondary N) is 2. The largest absolute Gasteiger partial charge is 0.494 e. The number of hydrogen-bond acceptors (Lipinski definition) is 5. The molecule has 164 valence electrons. The molecule has 2 heterocycles. The third kappa shape index (κ3) is 5.04. The number of aliphatic carboxylic acids is 1. The molecule has 0 bridgehead atoms. The molecule has 4 rings (SSSR count). The van der Waals surface area contributed by atoms with Gasteiger partial charge in [0.2, 0.25) is 5.91 Å². The van der Waals surface area contributed by atoms with Crippen LogP contribution in [-0.2, 0) is 9.59 Å². The van der Waals surface area contributed by atoms with E-state index in [2.05, 4.69) is 15.0 Å². The van der Waals surface area contributed by atoms with Gasteiger partial charge in [-0.15, -0.1) is 0 Å². The predicted octanol–water partition coefficient (Wildman–Crippen LogP) is 2.81. The average molecular weight is 426 g/mol. The first-order chi connectivity index (χ1) is 15.0. The van der Waals surface area contributed by atoms with Crippen LogP contribution in [0.4, 0.5) is 0 Å². The summed E-state index contributed by atoms with van der Waals surface area (Å²) in [7, 11) is 0. The number of carbonyl (C=O) groups excluding carboxylic acids is 1. The van der Waals surface area contributed by atoms with E-state index < -0.39 is 5.97 Å². The number of rotatable bonds is 8. The van der Waals surface area contributed by atoms with Crippen molar-refractivity contribution in [3.8, 4) is 5.75 Å². The highest BCUT2D eigenvalue weighted by atomic mass is 16.5. The molecule has 3 aromatic rings. The van der Waals surface area contributed by atoms with Gasteiger partial charge in [-0.1, -0.05) is 19.3 Å². The summed E-state index contributed by atoms with van der Waals surface area (Å²) in [6, 6.07) is 7.32. The van der Waals surface area contributed by atoms with Gasteiger partial charge in [-0.2, -0.15) is 0 Å². The zero-order chi connectivity index (χ0) is 21.8.